The Hall–Kier alpha value is -3.34. The third-order valence-electron chi connectivity index (χ3n) is 4.79. The molecule has 0 spiro atoms. The van der Waals surface area contributed by atoms with E-state index in [-0.39, 0.29) is 12.3 Å². The van der Waals surface area contributed by atoms with E-state index in [1.54, 1.807) is 4.90 Å². The summed E-state index contributed by atoms with van der Waals surface area (Å²) in [6.07, 6.45) is -1.38. The number of carbonyl (C=O) groups excluding carboxylic acids is 1. The lowest BCUT2D eigenvalue weighted by molar-refractivity contribution is -0.142. The predicted molar refractivity (Wildman–Crippen MR) is 103 cm³/mol. The van der Waals surface area contributed by atoms with Crippen molar-refractivity contribution in [2.45, 2.75) is 26.0 Å². The molecule has 1 aliphatic rings. The van der Waals surface area contributed by atoms with Gasteiger partial charge in [0.15, 0.2) is 6.10 Å². The monoisotopic (exact) mass is 361 g/mol. The molecule has 136 valence electrons. The Balaban J connectivity index is 1.77. The van der Waals surface area contributed by atoms with Gasteiger partial charge in [0.05, 0.1) is 18.7 Å². The van der Waals surface area contributed by atoms with Crippen LogP contribution in [0.4, 0.5) is 5.69 Å². The van der Waals surface area contributed by atoms with Crippen LogP contribution in [-0.4, -0.2) is 23.1 Å². The van der Waals surface area contributed by atoms with E-state index in [0.717, 1.165) is 21.9 Å². The number of carboxylic acid groups (broad SMARTS) is 1. The standard InChI is InChI=1S/C22H19NO4/c1-14-9-10-18-19(11-14)27-20(12-21(24)25)22(26)23(18)13-16-7-4-6-15-5-2-3-8-17(15)16/h2-11,20H,12-13H2,1H3,(H,24,25). The van der Waals surface area contributed by atoms with Crippen LogP contribution in [0.1, 0.15) is 17.5 Å². The minimum Gasteiger partial charge on any atom is -0.481 e. The van der Waals surface area contributed by atoms with Gasteiger partial charge in [0, 0.05) is 0 Å². The molecule has 3 aromatic carbocycles. The van der Waals surface area contributed by atoms with Crippen LogP contribution < -0.4 is 9.64 Å². The Labute approximate surface area is 156 Å². The number of nitrogens with zero attached hydrogens (tertiary/aromatic N) is 1. The van der Waals surface area contributed by atoms with Crippen molar-refractivity contribution in [1.82, 2.24) is 0 Å². The number of aryl methyl sites for hydroxylation is 1. The number of amides is 1. The van der Waals surface area contributed by atoms with Crippen LogP contribution in [0.5, 0.6) is 5.75 Å². The van der Waals surface area contributed by atoms with Gasteiger partial charge < -0.3 is 14.7 Å². The van der Waals surface area contributed by atoms with Gasteiger partial charge in [0.2, 0.25) is 0 Å². The fourth-order valence-corrected chi connectivity index (χ4v) is 3.49. The van der Waals surface area contributed by atoms with E-state index < -0.39 is 12.1 Å². The summed E-state index contributed by atoms with van der Waals surface area (Å²) in [7, 11) is 0. The normalized spacial score (nSPS) is 16.1. The summed E-state index contributed by atoms with van der Waals surface area (Å²) in [5, 5.41) is 11.3. The molecule has 3 aromatic rings. The van der Waals surface area contributed by atoms with E-state index in [0.29, 0.717) is 18.0 Å². The highest BCUT2D eigenvalue weighted by molar-refractivity contribution is 6.02. The Morgan fingerprint density at radius 2 is 1.89 bits per heavy atom. The van der Waals surface area contributed by atoms with Gasteiger partial charge in [0.25, 0.3) is 5.91 Å². The van der Waals surface area contributed by atoms with Crippen molar-refractivity contribution in [3.05, 3.63) is 71.8 Å². The molecule has 1 unspecified atom stereocenters. The molecular weight excluding hydrogens is 342 g/mol. The molecule has 0 radical (unpaired) electrons. The molecule has 0 saturated carbocycles. The van der Waals surface area contributed by atoms with Crippen LogP contribution in [0.3, 0.4) is 0 Å². The van der Waals surface area contributed by atoms with Crippen molar-refractivity contribution in [2.24, 2.45) is 0 Å². The molecule has 0 bridgehead atoms. The van der Waals surface area contributed by atoms with Gasteiger partial charge in [-0.05, 0) is 41.0 Å². The van der Waals surface area contributed by atoms with Crippen molar-refractivity contribution < 1.29 is 19.4 Å². The summed E-state index contributed by atoms with van der Waals surface area (Å²) in [5.41, 5.74) is 2.66. The minimum absolute atomic E-state index is 0.332. The van der Waals surface area contributed by atoms with Gasteiger partial charge in [0.1, 0.15) is 5.75 Å². The third-order valence-corrected chi connectivity index (χ3v) is 4.79. The van der Waals surface area contributed by atoms with Gasteiger partial charge in [-0.1, -0.05) is 48.5 Å². The Morgan fingerprint density at radius 1 is 1.11 bits per heavy atom. The predicted octanol–water partition coefficient (Wildman–Crippen LogP) is 3.92. The maximum atomic E-state index is 13.0. The number of rotatable bonds is 4. The summed E-state index contributed by atoms with van der Waals surface area (Å²) in [4.78, 5) is 25.8. The lowest BCUT2D eigenvalue weighted by Crippen LogP contribution is -2.46. The number of aliphatic carboxylic acids is 1. The number of carbonyl (C=O) groups is 2. The smallest absolute Gasteiger partial charge is 0.307 e. The number of fused-ring (bicyclic) bond motifs is 2. The second-order valence-electron chi connectivity index (χ2n) is 6.74. The van der Waals surface area contributed by atoms with Crippen LogP contribution in [0, 0.1) is 6.92 Å². The molecular formula is C22H19NO4. The van der Waals surface area contributed by atoms with Crippen LogP contribution in [0.15, 0.2) is 60.7 Å². The van der Waals surface area contributed by atoms with Crippen molar-refractivity contribution in [2.75, 3.05) is 4.90 Å². The SMILES string of the molecule is Cc1ccc2c(c1)OC(CC(=O)O)C(=O)N2Cc1cccc2ccccc12. The lowest BCUT2D eigenvalue weighted by Gasteiger charge is -2.34. The molecule has 0 saturated heterocycles. The van der Waals surface area contributed by atoms with Crippen molar-refractivity contribution >= 4 is 28.3 Å². The summed E-state index contributed by atoms with van der Waals surface area (Å²) >= 11 is 0. The zero-order valence-electron chi connectivity index (χ0n) is 14.9. The fourth-order valence-electron chi connectivity index (χ4n) is 3.49. The molecule has 0 aliphatic carbocycles. The van der Waals surface area contributed by atoms with E-state index in [1.807, 2.05) is 67.6 Å². The van der Waals surface area contributed by atoms with E-state index in [4.69, 9.17) is 9.84 Å². The number of carboxylic acids is 1. The molecule has 27 heavy (non-hydrogen) atoms. The summed E-state index contributed by atoms with van der Waals surface area (Å²) in [6.45, 7) is 2.29. The lowest BCUT2D eigenvalue weighted by atomic mass is 10.0. The van der Waals surface area contributed by atoms with Gasteiger partial charge in [-0.3, -0.25) is 9.59 Å². The molecule has 5 nitrogen and oxygen atoms in total. The molecule has 1 amide bonds. The summed E-state index contributed by atoms with van der Waals surface area (Å²) < 4.78 is 5.72. The first-order valence-electron chi connectivity index (χ1n) is 8.80. The van der Waals surface area contributed by atoms with Gasteiger partial charge in [-0.15, -0.1) is 0 Å². The minimum atomic E-state index is -1.06. The third kappa shape index (κ3) is 3.24. The van der Waals surface area contributed by atoms with Gasteiger partial charge in [-0.2, -0.15) is 0 Å². The quantitative estimate of drug-likeness (QED) is 0.765. The highest BCUT2D eigenvalue weighted by Gasteiger charge is 2.36. The molecule has 0 fully saturated rings. The summed E-state index contributed by atoms with van der Waals surface area (Å²) in [5.74, 6) is -0.850. The Kier molecular flexibility index (Phi) is 4.28. The fraction of sp³-hybridized carbons (Fsp3) is 0.182. The molecule has 5 heteroatoms. The molecule has 1 N–H and O–H groups in total. The number of hydrogen-bond acceptors (Lipinski definition) is 3. The van der Waals surface area contributed by atoms with Crippen LogP contribution in [-0.2, 0) is 16.1 Å². The van der Waals surface area contributed by atoms with Crippen molar-refractivity contribution in [3.63, 3.8) is 0 Å². The number of ether oxygens (including phenoxy) is 1. The van der Waals surface area contributed by atoms with Crippen LogP contribution in [0.2, 0.25) is 0 Å². The first-order valence-corrected chi connectivity index (χ1v) is 8.80. The molecule has 1 atom stereocenters. The van der Waals surface area contributed by atoms with E-state index in [2.05, 4.69) is 0 Å². The van der Waals surface area contributed by atoms with Crippen LogP contribution >= 0.6 is 0 Å². The number of anilines is 1. The second-order valence-corrected chi connectivity index (χ2v) is 6.74. The summed E-state index contributed by atoms with van der Waals surface area (Å²) in [6, 6.07) is 19.6. The van der Waals surface area contributed by atoms with Crippen LogP contribution in [0.25, 0.3) is 10.8 Å². The zero-order chi connectivity index (χ0) is 19.0. The highest BCUT2D eigenvalue weighted by atomic mass is 16.5. The average molecular weight is 361 g/mol. The maximum Gasteiger partial charge on any atom is 0.307 e. The topological polar surface area (TPSA) is 66.8 Å². The molecule has 1 heterocycles. The molecule has 0 aromatic heterocycles. The van der Waals surface area contributed by atoms with E-state index >= 15 is 0 Å². The maximum absolute atomic E-state index is 13.0. The molecule has 4 rings (SSSR count). The second kappa shape index (κ2) is 6.76. The molecule has 1 aliphatic heterocycles. The van der Waals surface area contributed by atoms with Crippen molar-refractivity contribution in [1.29, 1.82) is 0 Å². The van der Waals surface area contributed by atoms with E-state index in [1.165, 1.54) is 0 Å². The van der Waals surface area contributed by atoms with Crippen molar-refractivity contribution in [3.8, 4) is 5.75 Å². The average Bonchev–Trinajstić information content (AvgIpc) is 2.65. The Bertz CT molecular complexity index is 1040. The van der Waals surface area contributed by atoms with Gasteiger partial charge >= 0.3 is 5.97 Å². The first kappa shape index (κ1) is 17.1. The number of benzene rings is 3. The van der Waals surface area contributed by atoms with Gasteiger partial charge in [-0.25, -0.2) is 0 Å². The van der Waals surface area contributed by atoms with E-state index in [9.17, 15) is 9.59 Å². The Morgan fingerprint density at radius 3 is 2.70 bits per heavy atom. The number of hydrogen-bond donors (Lipinski definition) is 1. The largest absolute Gasteiger partial charge is 0.481 e. The highest BCUT2D eigenvalue weighted by Crippen LogP contribution is 2.37. The first-order chi connectivity index (χ1) is 13.0. The zero-order valence-corrected chi connectivity index (χ0v) is 14.9.